The highest BCUT2D eigenvalue weighted by Crippen LogP contribution is 2.49. The van der Waals surface area contributed by atoms with Gasteiger partial charge < -0.3 is 4.74 Å². The van der Waals surface area contributed by atoms with E-state index in [0.717, 1.165) is 12.1 Å². The van der Waals surface area contributed by atoms with Crippen molar-refractivity contribution in [3.8, 4) is 0 Å². The van der Waals surface area contributed by atoms with E-state index < -0.39 is 53.0 Å². The summed E-state index contributed by atoms with van der Waals surface area (Å²) in [5.74, 6) is -6.40. The molecule has 0 radical (unpaired) electrons. The number of likely N-dealkylation sites (tertiary alicyclic amines) is 1. The molecule has 1 aliphatic rings. The van der Waals surface area contributed by atoms with Crippen molar-refractivity contribution < 1.29 is 31.9 Å². The summed E-state index contributed by atoms with van der Waals surface area (Å²) in [6.45, 7) is 5.05. The molecule has 8 heteroatoms. The SMILES string of the molecule is CC(C)(C)OC(=O)N1C(=O)C(C)(F)CC(F)(F)C1c1ccccc1F. The molecule has 1 aliphatic heterocycles. The standard InChI is InChI=1S/C17H19F4NO3/c1-15(2,3)25-14(24)22-12(10-7-5-6-8-11(10)18)17(20,21)9-16(4,19)13(22)23/h5-8,12H,9H2,1-4H3. The van der Waals surface area contributed by atoms with Gasteiger partial charge in [0.05, 0.1) is 6.42 Å². The molecule has 0 spiro atoms. The predicted octanol–water partition coefficient (Wildman–Crippen LogP) is 4.40. The molecule has 1 fully saturated rings. The van der Waals surface area contributed by atoms with Gasteiger partial charge in [-0.05, 0) is 33.8 Å². The van der Waals surface area contributed by atoms with Crippen LogP contribution in [-0.2, 0) is 9.53 Å². The van der Waals surface area contributed by atoms with Gasteiger partial charge in [-0.1, -0.05) is 18.2 Å². The Bertz CT molecular complexity index is 697. The molecule has 0 aliphatic carbocycles. The van der Waals surface area contributed by atoms with Crippen molar-refractivity contribution >= 4 is 12.0 Å². The molecule has 1 aromatic carbocycles. The lowest BCUT2D eigenvalue weighted by atomic mass is 9.84. The maximum atomic E-state index is 14.6. The van der Waals surface area contributed by atoms with Crippen molar-refractivity contribution in [1.82, 2.24) is 4.90 Å². The fraction of sp³-hybridized carbons (Fsp3) is 0.529. The first kappa shape index (κ1) is 19.2. The van der Waals surface area contributed by atoms with Gasteiger partial charge in [-0.25, -0.2) is 27.3 Å². The van der Waals surface area contributed by atoms with Crippen LogP contribution in [-0.4, -0.2) is 34.1 Å². The van der Waals surface area contributed by atoms with Crippen LogP contribution in [0.3, 0.4) is 0 Å². The minimum Gasteiger partial charge on any atom is -0.443 e. The summed E-state index contributed by atoms with van der Waals surface area (Å²) in [5.41, 5.74) is -4.68. The number of alkyl halides is 3. The van der Waals surface area contributed by atoms with Gasteiger partial charge in [0.1, 0.15) is 17.5 Å². The molecule has 0 bridgehead atoms. The molecular weight excluding hydrogens is 342 g/mol. The average molecular weight is 361 g/mol. The topological polar surface area (TPSA) is 46.6 Å². The first-order valence-corrected chi connectivity index (χ1v) is 7.64. The lowest BCUT2D eigenvalue weighted by Gasteiger charge is -2.44. The van der Waals surface area contributed by atoms with E-state index in [9.17, 15) is 27.2 Å². The number of halogens is 4. The minimum atomic E-state index is -3.88. The van der Waals surface area contributed by atoms with Crippen LogP contribution >= 0.6 is 0 Å². The van der Waals surface area contributed by atoms with Crippen LogP contribution in [0.25, 0.3) is 0 Å². The van der Waals surface area contributed by atoms with Gasteiger partial charge in [-0.15, -0.1) is 0 Å². The molecule has 2 unspecified atom stereocenters. The molecule has 138 valence electrons. The summed E-state index contributed by atoms with van der Waals surface area (Å²) in [7, 11) is 0. The molecule has 0 aromatic heterocycles. The number of piperidine rings is 1. The Labute approximate surface area is 142 Å². The van der Waals surface area contributed by atoms with Crippen LogP contribution in [0.4, 0.5) is 22.4 Å². The summed E-state index contributed by atoms with van der Waals surface area (Å²) < 4.78 is 62.8. The lowest BCUT2D eigenvalue weighted by Crippen LogP contribution is -2.61. The third kappa shape index (κ3) is 3.77. The number of hydrogen-bond acceptors (Lipinski definition) is 3. The summed E-state index contributed by atoms with van der Waals surface area (Å²) in [5, 5.41) is 0. The molecule has 1 heterocycles. The Morgan fingerprint density at radius 2 is 1.80 bits per heavy atom. The molecule has 1 aromatic rings. The summed E-state index contributed by atoms with van der Waals surface area (Å²) >= 11 is 0. The minimum absolute atomic E-state index is 0.00678. The zero-order valence-electron chi connectivity index (χ0n) is 14.3. The van der Waals surface area contributed by atoms with Gasteiger partial charge in [-0.2, -0.15) is 0 Å². The number of hydrogen-bond donors (Lipinski definition) is 0. The van der Waals surface area contributed by atoms with E-state index >= 15 is 0 Å². The second-order valence-electron chi connectivity index (χ2n) is 7.21. The van der Waals surface area contributed by atoms with Crippen molar-refractivity contribution in [3.05, 3.63) is 35.6 Å². The van der Waals surface area contributed by atoms with E-state index in [1.165, 1.54) is 32.9 Å². The van der Waals surface area contributed by atoms with Crippen molar-refractivity contribution in [2.75, 3.05) is 0 Å². The smallest absolute Gasteiger partial charge is 0.417 e. The quantitative estimate of drug-likeness (QED) is 0.697. The van der Waals surface area contributed by atoms with Gasteiger partial charge in [0.25, 0.3) is 11.8 Å². The second-order valence-corrected chi connectivity index (χ2v) is 7.21. The Hall–Kier alpha value is -2.12. The Morgan fingerprint density at radius 3 is 2.32 bits per heavy atom. The molecule has 0 saturated carbocycles. The number of carbonyl (C=O) groups is 2. The maximum absolute atomic E-state index is 14.6. The lowest BCUT2D eigenvalue weighted by molar-refractivity contribution is -0.183. The monoisotopic (exact) mass is 361 g/mol. The molecule has 2 amide bonds. The molecular formula is C17H19F4NO3. The van der Waals surface area contributed by atoms with E-state index in [1.54, 1.807) is 0 Å². The van der Waals surface area contributed by atoms with Crippen LogP contribution < -0.4 is 0 Å². The van der Waals surface area contributed by atoms with Gasteiger partial charge in [-0.3, -0.25) is 4.79 Å². The number of amides is 2. The van der Waals surface area contributed by atoms with Crippen LogP contribution in [0.15, 0.2) is 24.3 Å². The fourth-order valence-electron chi connectivity index (χ4n) is 2.74. The fourth-order valence-corrected chi connectivity index (χ4v) is 2.74. The molecule has 25 heavy (non-hydrogen) atoms. The largest absolute Gasteiger partial charge is 0.443 e. The Morgan fingerprint density at radius 1 is 1.24 bits per heavy atom. The van der Waals surface area contributed by atoms with Crippen LogP contribution in [0.1, 0.15) is 45.7 Å². The number of nitrogens with zero attached hydrogens (tertiary/aromatic N) is 1. The number of imide groups is 1. The maximum Gasteiger partial charge on any atom is 0.417 e. The summed E-state index contributed by atoms with van der Waals surface area (Å²) in [6, 6.07) is 2.22. The normalized spacial score (nSPS) is 26.5. The zero-order valence-corrected chi connectivity index (χ0v) is 14.3. The van der Waals surface area contributed by atoms with E-state index in [0.29, 0.717) is 6.92 Å². The third-order valence-electron chi connectivity index (χ3n) is 3.68. The van der Waals surface area contributed by atoms with E-state index in [4.69, 9.17) is 4.74 Å². The highest BCUT2D eigenvalue weighted by atomic mass is 19.3. The highest BCUT2D eigenvalue weighted by molar-refractivity contribution is 5.98. The van der Waals surface area contributed by atoms with Gasteiger partial charge in [0, 0.05) is 5.56 Å². The molecule has 2 rings (SSSR count). The van der Waals surface area contributed by atoms with Crippen molar-refractivity contribution in [2.24, 2.45) is 0 Å². The van der Waals surface area contributed by atoms with Gasteiger partial charge in [0.2, 0.25) is 0 Å². The Kier molecular flexibility index (Phi) is 4.61. The predicted molar refractivity (Wildman–Crippen MR) is 81.3 cm³/mol. The number of ether oxygens (including phenoxy) is 1. The first-order valence-electron chi connectivity index (χ1n) is 7.64. The third-order valence-corrected chi connectivity index (χ3v) is 3.68. The average Bonchev–Trinajstić information content (AvgIpc) is 2.40. The van der Waals surface area contributed by atoms with Crippen LogP contribution in [0, 0.1) is 5.82 Å². The van der Waals surface area contributed by atoms with E-state index in [2.05, 4.69) is 0 Å². The highest BCUT2D eigenvalue weighted by Gasteiger charge is 2.62. The molecule has 1 saturated heterocycles. The summed E-state index contributed by atoms with van der Waals surface area (Å²) in [6.07, 6.45) is -2.91. The van der Waals surface area contributed by atoms with Crippen LogP contribution in [0.5, 0.6) is 0 Å². The zero-order chi connectivity index (χ0) is 19.2. The van der Waals surface area contributed by atoms with Crippen molar-refractivity contribution in [3.63, 3.8) is 0 Å². The number of benzene rings is 1. The second kappa shape index (κ2) is 6.00. The first-order chi connectivity index (χ1) is 11.3. The van der Waals surface area contributed by atoms with Crippen molar-refractivity contribution in [1.29, 1.82) is 0 Å². The molecule has 4 nitrogen and oxygen atoms in total. The van der Waals surface area contributed by atoms with Gasteiger partial charge in [0.15, 0.2) is 5.67 Å². The van der Waals surface area contributed by atoms with E-state index in [1.807, 2.05) is 0 Å². The number of rotatable bonds is 1. The Balaban J connectivity index is 2.60. The summed E-state index contributed by atoms with van der Waals surface area (Å²) in [4.78, 5) is 24.7. The molecule has 2 atom stereocenters. The molecule has 0 N–H and O–H groups in total. The van der Waals surface area contributed by atoms with Crippen LogP contribution in [0.2, 0.25) is 0 Å². The van der Waals surface area contributed by atoms with Gasteiger partial charge >= 0.3 is 6.09 Å². The number of carbonyl (C=O) groups excluding carboxylic acids is 2. The van der Waals surface area contributed by atoms with E-state index in [-0.39, 0.29) is 4.90 Å². The van der Waals surface area contributed by atoms with Crippen molar-refractivity contribution in [2.45, 2.75) is 57.3 Å².